The first-order valence-electron chi connectivity index (χ1n) is 4.28. The van der Waals surface area contributed by atoms with Gasteiger partial charge in [0, 0.05) is 6.20 Å². The maximum Gasteiger partial charge on any atom is 0.340 e. The molecule has 1 aromatic rings. The third-order valence-electron chi connectivity index (χ3n) is 1.72. The number of pyridine rings is 1. The fraction of sp³-hybridized carbons (Fsp3) is 0.333. The molecule has 88 valence electrons. The van der Waals surface area contributed by atoms with E-state index in [1.807, 2.05) is 0 Å². The first kappa shape index (κ1) is 12.8. The van der Waals surface area contributed by atoms with Crippen molar-refractivity contribution in [2.45, 2.75) is 13.3 Å². The van der Waals surface area contributed by atoms with Crippen LogP contribution in [0.4, 0.5) is 13.2 Å². The number of nitrogens with zero attached hydrogens (tertiary/aromatic N) is 1. The summed E-state index contributed by atoms with van der Waals surface area (Å²) in [6.45, 7) is 1.47. The van der Waals surface area contributed by atoms with Crippen molar-refractivity contribution in [2.24, 2.45) is 0 Å². The zero-order chi connectivity index (χ0) is 12.3. The third-order valence-corrected chi connectivity index (χ3v) is 2.01. The molecule has 1 heterocycles. The van der Waals surface area contributed by atoms with Crippen LogP contribution in [0.3, 0.4) is 0 Å². The maximum atomic E-state index is 13.0. The van der Waals surface area contributed by atoms with Gasteiger partial charge in [-0.3, -0.25) is 0 Å². The Morgan fingerprint density at radius 1 is 1.62 bits per heavy atom. The number of alkyl halides is 2. The number of hydrogen-bond donors (Lipinski definition) is 0. The second-order valence-corrected chi connectivity index (χ2v) is 3.11. The van der Waals surface area contributed by atoms with Gasteiger partial charge in [-0.1, -0.05) is 11.6 Å². The molecule has 0 N–H and O–H groups in total. The van der Waals surface area contributed by atoms with Crippen LogP contribution < -0.4 is 0 Å². The molecule has 0 bridgehead atoms. The number of carbonyl (C=O) groups excluding carboxylic acids is 1. The molecule has 0 fully saturated rings. The van der Waals surface area contributed by atoms with Gasteiger partial charge in [0.25, 0.3) is 6.43 Å². The number of halogens is 4. The highest BCUT2D eigenvalue weighted by Crippen LogP contribution is 2.30. The normalized spacial score (nSPS) is 10.6. The van der Waals surface area contributed by atoms with E-state index in [0.717, 1.165) is 6.20 Å². The first-order valence-corrected chi connectivity index (χ1v) is 4.66. The van der Waals surface area contributed by atoms with Crippen LogP contribution in [0.1, 0.15) is 29.3 Å². The van der Waals surface area contributed by atoms with Gasteiger partial charge < -0.3 is 4.74 Å². The van der Waals surface area contributed by atoms with Gasteiger partial charge in [-0.2, -0.15) is 4.39 Å². The smallest absolute Gasteiger partial charge is 0.340 e. The molecule has 0 spiro atoms. The largest absolute Gasteiger partial charge is 0.462 e. The van der Waals surface area contributed by atoms with Crippen LogP contribution in [0.15, 0.2) is 6.20 Å². The van der Waals surface area contributed by atoms with Crippen LogP contribution >= 0.6 is 11.6 Å². The summed E-state index contributed by atoms with van der Waals surface area (Å²) in [5, 5.41) is -0.366. The molecule has 1 rings (SSSR count). The number of aromatic nitrogens is 1. The average molecular weight is 254 g/mol. The highest BCUT2D eigenvalue weighted by molar-refractivity contribution is 6.33. The SMILES string of the molecule is CCOC(=O)c1c(Cl)cnc(F)c1C(F)F. The fourth-order valence-corrected chi connectivity index (χ4v) is 1.32. The molecule has 3 nitrogen and oxygen atoms in total. The molecule has 0 saturated heterocycles. The molecule has 0 radical (unpaired) electrons. The lowest BCUT2D eigenvalue weighted by molar-refractivity contribution is 0.0513. The van der Waals surface area contributed by atoms with Crippen LogP contribution in [0.25, 0.3) is 0 Å². The quantitative estimate of drug-likeness (QED) is 0.614. The van der Waals surface area contributed by atoms with E-state index in [-0.39, 0.29) is 11.6 Å². The predicted molar refractivity (Wildman–Crippen MR) is 50.1 cm³/mol. The Labute approximate surface area is 94.2 Å². The third kappa shape index (κ3) is 2.44. The molecule has 0 atom stereocenters. The van der Waals surface area contributed by atoms with Gasteiger partial charge in [0.1, 0.15) is 0 Å². The molecule has 0 aliphatic heterocycles. The van der Waals surface area contributed by atoms with Gasteiger partial charge in [0.15, 0.2) is 0 Å². The Morgan fingerprint density at radius 2 is 2.25 bits per heavy atom. The Morgan fingerprint density at radius 3 is 2.75 bits per heavy atom. The topological polar surface area (TPSA) is 39.2 Å². The molecule has 0 aliphatic rings. The summed E-state index contributed by atoms with van der Waals surface area (Å²) < 4.78 is 42.6. The monoisotopic (exact) mass is 253 g/mol. The van der Waals surface area contributed by atoms with Crippen molar-refractivity contribution >= 4 is 17.6 Å². The molecular weight excluding hydrogens is 247 g/mol. The average Bonchev–Trinajstić information content (AvgIpc) is 2.20. The molecule has 0 amide bonds. The molecule has 1 aromatic heterocycles. The minimum atomic E-state index is -3.19. The van der Waals surface area contributed by atoms with Gasteiger partial charge in [-0.05, 0) is 6.92 Å². The van der Waals surface area contributed by atoms with E-state index >= 15 is 0 Å². The van der Waals surface area contributed by atoms with Crippen LogP contribution in [0.2, 0.25) is 5.02 Å². The van der Waals surface area contributed by atoms with E-state index in [2.05, 4.69) is 9.72 Å². The van der Waals surface area contributed by atoms with Gasteiger partial charge in [0.2, 0.25) is 5.95 Å². The zero-order valence-electron chi connectivity index (χ0n) is 8.14. The van der Waals surface area contributed by atoms with E-state index in [0.29, 0.717) is 0 Å². The molecule has 0 unspecified atom stereocenters. The van der Waals surface area contributed by atoms with Gasteiger partial charge >= 0.3 is 5.97 Å². The molecule has 0 aliphatic carbocycles. The number of rotatable bonds is 3. The summed E-state index contributed by atoms with van der Waals surface area (Å²) in [7, 11) is 0. The second-order valence-electron chi connectivity index (χ2n) is 2.71. The van der Waals surface area contributed by atoms with Crippen LogP contribution in [0, 0.1) is 5.95 Å². The lowest BCUT2D eigenvalue weighted by Crippen LogP contribution is -2.12. The van der Waals surface area contributed by atoms with Crippen molar-refractivity contribution in [3.63, 3.8) is 0 Å². The van der Waals surface area contributed by atoms with E-state index in [9.17, 15) is 18.0 Å². The van der Waals surface area contributed by atoms with E-state index in [1.165, 1.54) is 6.92 Å². The highest BCUT2D eigenvalue weighted by atomic mass is 35.5. The molecule has 7 heteroatoms. The van der Waals surface area contributed by atoms with E-state index in [4.69, 9.17) is 11.6 Å². The summed E-state index contributed by atoms with van der Waals surface area (Å²) >= 11 is 5.51. The lowest BCUT2D eigenvalue weighted by Gasteiger charge is -2.09. The molecule has 0 aromatic carbocycles. The van der Waals surface area contributed by atoms with Gasteiger partial charge in [-0.15, -0.1) is 0 Å². The van der Waals surface area contributed by atoms with Crippen molar-refractivity contribution < 1.29 is 22.7 Å². The molecular formula is C9H7ClF3NO2. The fourth-order valence-electron chi connectivity index (χ4n) is 1.09. The maximum absolute atomic E-state index is 13.0. The minimum Gasteiger partial charge on any atom is -0.462 e. The summed E-state index contributed by atoms with van der Waals surface area (Å²) in [5.74, 6) is -2.52. The van der Waals surface area contributed by atoms with Gasteiger partial charge in [-0.25, -0.2) is 18.6 Å². The van der Waals surface area contributed by atoms with Crippen molar-refractivity contribution in [2.75, 3.05) is 6.61 Å². The van der Waals surface area contributed by atoms with Crippen LogP contribution in [0.5, 0.6) is 0 Å². The van der Waals surface area contributed by atoms with E-state index < -0.39 is 29.5 Å². The summed E-state index contributed by atoms with van der Waals surface area (Å²) in [4.78, 5) is 14.3. The summed E-state index contributed by atoms with van der Waals surface area (Å²) in [6, 6.07) is 0. The van der Waals surface area contributed by atoms with Crippen LogP contribution in [-0.4, -0.2) is 17.6 Å². The summed E-state index contributed by atoms with van der Waals surface area (Å²) in [6.07, 6.45) is -2.40. The highest BCUT2D eigenvalue weighted by Gasteiger charge is 2.27. The number of esters is 1. The Balaban J connectivity index is 3.34. The van der Waals surface area contributed by atoms with Crippen molar-refractivity contribution in [3.8, 4) is 0 Å². The van der Waals surface area contributed by atoms with Crippen molar-refractivity contribution in [1.29, 1.82) is 0 Å². The van der Waals surface area contributed by atoms with Gasteiger partial charge in [0.05, 0.1) is 22.8 Å². The second kappa shape index (κ2) is 5.16. The summed E-state index contributed by atoms with van der Waals surface area (Å²) in [5.41, 5.74) is -1.81. The Hall–Kier alpha value is -1.30. The standard InChI is InChI=1S/C9H7ClF3NO2/c1-2-16-9(15)5-4(10)3-14-8(13)6(5)7(11)12/h3,7H,2H2,1H3. The predicted octanol–water partition coefficient (Wildman–Crippen LogP) is 2.99. The minimum absolute atomic E-state index is 0.0260. The van der Waals surface area contributed by atoms with Crippen molar-refractivity contribution in [3.05, 3.63) is 28.3 Å². The number of carbonyl (C=O) groups is 1. The van der Waals surface area contributed by atoms with E-state index in [1.54, 1.807) is 0 Å². The first-order chi connectivity index (χ1) is 7.49. The van der Waals surface area contributed by atoms with Crippen molar-refractivity contribution in [1.82, 2.24) is 4.98 Å². The lowest BCUT2D eigenvalue weighted by atomic mass is 10.1. The zero-order valence-corrected chi connectivity index (χ0v) is 8.89. The number of ether oxygens (including phenoxy) is 1. The Kier molecular flexibility index (Phi) is 4.12. The molecule has 0 saturated carbocycles. The number of hydrogen-bond acceptors (Lipinski definition) is 3. The Bertz CT molecular complexity index is 412. The van der Waals surface area contributed by atoms with Crippen LogP contribution in [-0.2, 0) is 4.74 Å². The molecule has 16 heavy (non-hydrogen) atoms.